The highest BCUT2D eigenvalue weighted by Crippen LogP contribution is 2.78. The van der Waals surface area contributed by atoms with Crippen molar-refractivity contribution in [3.63, 3.8) is 0 Å². The minimum absolute atomic E-state index is 0.0781. The van der Waals surface area contributed by atoms with Gasteiger partial charge in [-0.1, -0.05) is 55.4 Å². The second-order valence-electron chi connectivity index (χ2n) is 15.5. The Morgan fingerprint density at radius 3 is 1.90 bits per heavy atom. The predicted octanol–water partition coefficient (Wildman–Crippen LogP) is 8.25. The third kappa shape index (κ3) is 2.77. The van der Waals surface area contributed by atoms with Crippen molar-refractivity contribution in [1.82, 2.24) is 0 Å². The molecule has 5 fully saturated rings. The van der Waals surface area contributed by atoms with E-state index >= 15 is 0 Å². The van der Waals surface area contributed by atoms with Crippen LogP contribution in [0.25, 0.3) is 0 Å². The Balaban J connectivity index is 1.54. The molecular weight excluding hydrogens is 376 g/mol. The average Bonchev–Trinajstić information content (AvgIpc) is 2.69. The molecule has 10 atom stereocenters. The van der Waals surface area contributed by atoms with Crippen LogP contribution in [0.15, 0.2) is 0 Å². The normalized spacial score (nSPS) is 60.9. The van der Waals surface area contributed by atoms with Crippen LogP contribution < -0.4 is 0 Å². The quantitative estimate of drug-likeness (QED) is 0.412. The van der Waals surface area contributed by atoms with Gasteiger partial charge in [-0.25, -0.2) is 0 Å². The zero-order valence-corrected chi connectivity index (χ0v) is 22.1. The molecule has 31 heavy (non-hydrogen) atoms. The van der Waals surface area contributed by atoms with Crippen molar-refractivity contribution in [2.75, 3.05) is 0 Å². The number of rotatable bonds is 0. The minimum Gasteiger partial charge on any atom is -0.393 e. The Labute approximate surface area is 193 Å². The molecular formula is C30H52O. The summed E-state index contributed by atoms with van der Waals surface area (Å²) in [7, 11) is 0. The molecule has 5 rings (SSSR count). The maximum absolute atomic E-state index is 10.7. The van der Waals surface area contributed by atoms with Crippen molar-refractivity contribution < 1.29 is 5.11 Å². The van der Waals surface area contributed by atoms with Crippen molar-refractivity contribution in [3.05, 3.63) is 0 Å². The van der Waals surface area contributed by atoms with Crippen molar-refractivity contribution in [2.24, 2.45) is 56.2 Å². The summed E-state index contributed by atoms with van der Waals surface area (Å²) in [5.74, 6) is 3.02. The van der Waals surface area contributed by atoms with E-state index in [0.717, 1.165) is 24.2 Å². The molecule has 0 spiro atoms. The van der Waals surface area contributed by atoms with Crippen LogP contribution in [-0.2, 0) is 0 Å². The standard InChI is InChI=1S/C30H52O/c1-20-21(31)9-10-22-27(20,5)12-11-23-28(22,6)16-18-30(8)24-19-25(2,3)13-14-26(24,4)15-17-29(23,30)7/h20-24,31H,9-19H2,1-8H3/t20-,21+,22+,23-,24+,26+,27+,28-,29+,30-/m0/s1. The first kappa shape index (κ1) is 22.7. The third-order valence-corrected chi connectivity index (χ3v) is 13.9. The summed E-state index contributed by atoms with van der Waals surface area (Å²) in [5, 5.41) is 10.7. The monoisotopic (exact) mass is 428 g/mol. The Bertz CT molecular complexity index is 741. The molecule has 0 heterocycles. The van der Waals surface area contributed by atoms with Gasteiger partial charge in [0.2, 0.25) is 0 Å². The van der Waals surface area contributed by atoms with Crippen LogP contribution in [0.4, 0.5) is 0 Å². The molecule has 0 radical (unpaired) electrons. The second-order valence-corrected chi connectivity index (χ2v) is 15.5. The largest absolute Gasteiger partial charge is 0.393 e. The van der Waals surface area contributed by atoms with E-state index in [4.69, 9.17) is 0 Å². The van der Waals surface area contributed by atoms with Gasteiger partial charge in [0.1, 0.15) is 0 Å². The van der Waals surface area contributed by atoms with E-state index in [1.807, 2.05) is 0 Å². The highest BCUT2D eigenvalue weighted by molar-refractivity contribution is 5.19. The van der Waals surface area contributed by atoms with E-state index in [9.17, 15) is 5.11 Å². The summed E-state index contributed by atoms with van der Waals surface area (Å²) in [4.78, 5) is 0. The van der Waals surface area contributed by atoms with Gasteiger partial charge in [0.15, 0.2) is 0 Å². The van der Waals surface area contributed by atoms with Crippen LogP contribution >= 0.6 is 0 Å². The Morgan fingerprint density at radius 1 is 0.581 bits per heavy atom. The molecule has 178 valence electrons. The Hall–Kier alpha value is -0.0400. The lowest BCUT2D eigenvalue weighted by molar-refractivity contribution is -0.263. The summed E-state index contributed by atoms with van der Waals surface area (Å²) < 4.78 is 0. The molecule has 0 saturated heterocycles. The van der Waals surface area contributed by atoms with Gasteiger partial charge in [0.05, 0.1) is 6.10 Å². The molecule has 5 aliphatic rings. The molecule has 0 aliphatic heterocycles. The maximum atomic E-state index is 10.7. The molecule has 1 nitrogen and oxygen atoms in total. The van der Waals surface area contributed by atoms with Crippen LogP contribution in [-0.4, -0.2) is 11.2 Å². The highest BCUT2D eigenvalue weighted by Gasteiger charge is 2.70. The fraction of sp³-hybridized carbons (Fsp3) is 1.00. The fourth-order valence-corrected chi connectivity index (χ4v) is 11.4. The Morgan fingerprint density at radius 2 is 1.19 bits per heavy atom. The molecule has 5 saturated carbocycles. The molecule has 0 bridgehead atoms. The lowest BCUT2D eigenvalue weighted by atomic mass is 9.30. The molecule has 5 aliphatic carbocycles. The van der Waals surface area contributed by atoms with Crippen LogP contribution in [0.3, 0.4) is 0 Å². The molecule has 0 aromatic rings. The van der Waals surface area contributed by atoms with Gasteiger partial charge in [-0.3, -0.25) is 0 Å². The van der Waals surface area contributed by atoms with Gasteiger partial charge in [-0.15, -0.1) is 0 Å². The third-order valence-electron chi connectivity index (χ3n) is 13.9. The fourth-order valence-electron chi connectivity index (χ4n) is 11.4. The average molecular weight is 429 g/mol. The lowest BCUT2D eigenvalue weighted by Crippen LogP contribution is -2.67. The molecule has 1 N–H and O–H groups in total. The second kappa shape index (κ2) is 6.55. The van der Waals surface area contributed by atoms with Crippen molar-refractivity contribution >= 4 is 0 Å². The van der Waals surface area contributed by atoms with Crippen LogP contribution in [0.2, 0.25) is 0 Å². The van der Waals surface area contributed by atoms with E-state index < -0.39 is 0 Å². The number of aliphatic hydroxyl groups is 1. The lowest BCUT2D eigenvalue weighted by Gasteiger charge is -2.75. The van der Waals surface area contributed by atoms with E-state index in [1.54, 1.807) is 0 Å². The first-order chi connectivity index (χ1) is 14.2. The SMILES string of the molecule is C[C@H]1[C@H](O)CC[C@@H]2[C@]1(C)CC[C@H]1[C@@]2(C)CC[C@@]2(C)[C@@H]3CC(C)(C)CC[C@]3(C)CC[C@]12C. The summed E-state index contributed by atoms with van der Waals surface area (Å²) in [6.45, 7) is 20.9. The van der Waals surface area contributed by atoms with Gasteiger partial charge in [-0.2, -0.15) is 0 Å². The van der Waals surface area contributed by atoms with Crippen LogP contribution in [0.5, 0.6) is 0 Å². The van der Waals surface area contributed by atoms with Gasteiger partial charge in [-0.05, 0) is 127 Å². The minimum atomic E-state index is -0.0781. The summed E-state index contributed by atoms with van der Waals surface area (Å²) in [5.41, 5.74) is 2.88. The molecule has 1 heteroatoms. The van der Waals surface area contributed by atoms with E-state index in [-0.39, 0.29) is 6.10 Å². The molecule has 0 aromatic carbocycles. The van der Waals surface area contributed by atoms with Crippen LogP contribution in [0.1, 0.15) is 126 Å². The van der Waals surface area contributed by atoms with Gasteiger partial charge in [0, 0.05) is 0 Å². The number of fused-ring (bicyclic) bond motifs is 7. The first-order valence-electron chi connectivity index (χ1n) is 13.9. The summed E-state index contributed by atoms with van der Waals surface area (Å²) >= 11 is 0. The van der Waals surface area contributed by atoms with Gasteiger partial charge < -0.3 is 5.11 Å². The van der Waals surface area contributed by atoms with Crippen molar-refractivity contribution in [1.29, 1.82) is 0 Å². The van der Waals surface area contributed by atoms with Crippen molar-refractivity contribution in [3.8, 4) is 0 Å². The van der Waals surface area contributed by atoms with Crippen molar-refractivity contribution in [2.45, 2.75) is 132 Å². The predicted molar refractivity (Wildman–Crippen MR) is 131 cm³/mol. The van der Waals surface area contributed by atoms with E-state index in [1.165, 1.54) is 64.2 Å². The summed E-state index contributed by atoms with van der Waals surface area (Å²) in [6.07, 6.45) is 15.1. The zero-order valence-electron chi connectivity index (χ0n) is 22.1. The number of hydrogen-bond donors (Lipinski definition) is 1. The van der Waals surface area contributed by atoms with E-state index in [2.05, 4.69) is 55.4 Å². The first-order valence-corrected chi connectivity index (χ1v) is 13.9. The van der Waals surface area contributed by atoms with Crippen LogP contribution in [0, 0.1) is 56.2 Å². The number of hydrogen-bond acceptors (Lipinski definition) is 1. The van der Waals surface area contributed by atoms with Gasteiger partial charge >= 0.3 is 0 Å². The zero-order chi connectivity index (χ0) is 22.7. The molecule has 0 aromatic heterocycles. The Kier molecular flexibility index (Phi) is 4.80. The maximum Gasteiger partial charge on any atom is 0.0571 e. The number of aliphatic hydroxyl groups excluding tert-OH is 1. The molecule has 0 unspecified atom stereocenters. The summed E-state index contributed by atoms with van der Waals surface area (Å²) in [6, 6.07) is 0. The van der Waals surface area contributed by atoms with E-state index in [0.29, 0.717) is 38.4 Å². The topological polar surface area (TPSA) is 20.2 Å². The highest BCUT2D eigenvalue weighted by atomic mass is 16.3. The van der Waals surface area contributed by atoms with Gasteiger partial charge in [0.25, 0.3) is 0 Å². The molecule has 0 amide bonds. The smallest absolute Gasteiger partial charge is 0.0571 e.